The Morgan fingerprint density at radius 3 is 2.32 bits per heavy atom. The lowest BCUT2D eigenvalue weighted by Gasteiger charge is -2.33. The first kappa shape index (κ1) is 26.1. The minimum Gasteiger partial charge on any atom is -0.497 e. The number of benzene rings is 3. The molecule has 196 valence electrons. The number of nitrogens with one attached hydrogen (secondary N) is 2. The van der Waals surface area contributed by atoms with Crippen molar-refractivity contribution in [3.05, 3.63) is 66.7 Å². The molecular formula is C24H25N3O8S2. The van der Waals surface area contributed by atoms with Crippen molar-refractivity contribution in [2.75, 3.05) is 41.4 Å². The zero-order valence-corrected chi connectivity index (χ0v) is 21.8. The van der Waals surface area contributed by atoms with Gasteiger partial charge in [0.05, 0.1) is 43.3 Å². The number of carbonyl (C=O) groups excluding carboxylic acids is 1. The molecule has 3 aromatic rings. The summed E-state index contributed by atoms with van der Waals surface area (Å²) < 4.78 is 70.1. The summed E-state index contributed by atoms with van der Waals surface area (Å²) in [7, 11) is -4.76. The fraction of sp³-hybridized carbons (Fsp3) is 0.208. The fourth-order valence-corrected chi connectivity index (χ4v) is 5.67. The van der Waals surface area contributed by atoms with Gasteiger partial charge in [-0.05, 0) is 48.5 Å². The monoisotopic (exact) mass is 547 g/mol. The van der Waals surface area contributed by atoms with Crippen LogP contribution < -0.4 is 28.6 Å². The summed E-state index contributed by atoms with van der Waals surface area (Å²) in [5.41, 5.74) is 0.851. The zero-order chi connectivity index (χ0) is 26.8. The van der Waals surface area contributed by atoms with Gasteiger partial charge < -0.3 is 19.5 Å². The van der Waals surface area contributed by atoms with Gasteiger partial charge >= 0.3 is 0 Å². The van der Waals surface area contributed by atoms with Gasteiger partial charge in [-0.2, -0.15) is 0 Å². The highest BCUT2D eigenvalue weighted by Gasteiger charge is 2.35. The zero-order valence-electron chi connectivity index (χ0n) is 20.2. The van der Waals surface area contributed by atoms with Gasteiger partial charge in [-0.3, -0.25) is 13.8 Å². The van der Waals surface area contributed by atoms with E-state index in [1.165, 1.54) is 44.6 Å². The number of para-hydroxylation sites is 2. The minimum atomic E-state index is -3.99. The van der Waals surface area contributed by atoms with Gasteiger partial charge in [0.1, 0.15) is 17.2 Å². The lowest BCUT2D eigenvalue weighted by atomic mass is 10.2. The number of fused-ring (bicyclic) bond motifs is 1. The molecular weight excluding hydrogens is 522 g/mol. The maximum absolute atomic E-state index is 12.9. The summed E-state index contributed by atoms with van der Waals surface area (Å²) in [5, 5.41) is 2.64. The molecule has 0 saturated carbocycles. The van der Waals surface area contributed by atoms with Gasteiger partial charge in [-0.1, -0.05) is 12.1 Å². The Hall–Kier alpha value is -3.97. The van der Waals surface area contributed by atoms with E-state index in [-0.39, 0.29) is 22.9 Å². The van der Waals surface area contributed by atoms with Gasteiger partial charge in [0.15, 0.2) is 6.10 Å². The van der Waals surface area contributed by atoms with E-state index in [0.29, 0.717) is 22.9 Å². The predicted molar refractivity (Wildman–Crippen MR) is 138 cm³/mol. The number of amides is 1. The Morgan fingerprint density at radius 2 is 1.68 bits per heavy atom. The standard InChI is InChI=1S/C24H25N3O8S2/c1-33-17-10-13-21(34-2)19(14-17)26-37(31,32)18-11-8-16(9-12-18)25-24(28)23-15-27(36(3,29)30)20-6-4-5-7-22(20)35-23/h4-14,23,26H,15H2,1-3H3,(H,25,28)/t23-/m0/s1. The highest BCUT2D eigenvalue weighted by Crippen LogP contribution is 2.35. The van der Waals surface area contributed by atoms with Crippen LogP contribution in [0, 0.1) is 0 Å². The number of hydrogen-bond acceptors (Lipinski definition) is 8. The summed E-state index contributed by atoms with van der Waals surface area (Å²) in [6.07, 6.45) is -0.0616. The van der Waals surface area contributed by atoms with Crippen molar-refractivity contribution in [3.8, 4) is 17.2 Å². The lowest BCUT2D eigenvalue weighted by molar-refractivity contribution is -0.122. The van der Waals surface area contributed by atoms with Gasteiger partial charge in [0, 0.05) is 11.8 Å². The van der Waals surface area contributed by atoms with Crippen LogP contribution in [0.4, 0.5) is 17.1 Å². The molecule has 1 aliphatic heterocycles. The Balaban J connectivity index is 1.49. The molecule has 1 atom stereocenters. The van der Waals surface area contributed by atoms with Crippen molar-refractivity contribution in [3.63, 3.8) is 0 Å². The molecule has 2 N–H and O–H groups in total. The van der Waals surface area contributed by atoms with E-state index in [9.17, 15) is 21.6 Å². The van der Waals surface area contributed by atoms with E-state index >= 15 is 0 Å². The molecule has 0 unspecified atom stereocenters. The highest BCUT2D eigenvalue weighted by atomic mass is 32.2. The largest absolute Gasteiger partial charge is 0.497 e. The van der Waals surface area contributed by atoms with Crippen LogP contribution in [0.5, 0.6) is 17.2 Å². The summed E-state index contributed by atoms with van der Waals surface area (Å²) >= 11 is 0. The van der Waals surface area contributed by atoms with E-state index in [4.69, 9.17) is 14.2 Å². The minimum absolute atomic E-state index is 0.0542. The molecule has 0 fully saturated rings. The Morgan fingerprint density at radius 1 is 0.973 bits per heavy atom. The van der Waals surface area contributed by atoms with E-state index < -0.39 is 32.1 Å². The molecule has 37 heavy (non-hydrogen) atoms. The Labute approximate surface area is 215 Å². The van der Waals surface area contributed by atoms with Crippen LogP contribution in [-0.4, -0.2) is 55.9 Å². The second-order valence-corrected chi connectivity index (χ2v) is 11.6. The molecule has 13 heteroatoms. The number of sulfonamides is 2. The second-order valence-electron chi connectivity index (χ2n) is 8.05. The predicted octanol–water partition coefficient (Wildman–Crippen LogP) is 2.67. The molecule has 0 aliphatic carbocycles. The van der Waals surface area contributed by atoms with E-state index in [0.717, 1.165) is 10.6 Å². The maximum Gasteiger partial charge on any atom is 0.267 e. The van der Waals surface area contributed by atoms with Crippen LogP contribution in [0.3, 0.4) is 0 Å². The fourth-order valence-electron chi connectivity index (χ4n) is 3.69. The Bertz CT molecular complexity index is 1520. The first-order chi connectivity index (χ1) is 17.5. The third-order valence-corrected chi connectivity index (χ3v) is 8.04. The number of ether oxygens (including phenoxy) is 3. The van der Waals surface area contributed by atoms with Crippen LogP contribution in [-0.2, 0) is 24.8 Å². The van der Waals surface area contributed by atoms with Crippen LogP contribution in [0.2, 0.25) is 0 Å². The van der Waals surface area contributed by atoms with Crippen molar-refractivity contribution in [1.29, 1.82) is 0 Å². The molecule has 0 aromatic heterocycles. The topological polar surface area (TPSA) is 140 Å². The average molecular weight is 548 g/mol. The first-order valence-electron chi connectivity index (χ1n) is 10.9. The van der Waals surface area contributed by atoms with Crippen molar-refractivity contribution < 1.29 is 35.8 Å². The van der Waals surface area contributed by atoms with Crippen molar-refractivity contribution >= 4 is 43.0 Å². The van der Waals surface area contributed by atoms with Gasteiger partial charge in [-0.25, -0.2) is 16.8 Å². The summed E-state index contributed by atoms with van der Waals surface area (Å²) in [5.74, 6) is 0.432. The number of methoxy groups -OCH3 is 2. The van der Waals surface area contributed by atoms with Crippen LogP contribution >= 0.6 is 0 Å². The first-order valence-corrected chi connectivity index (χ1v) is 14.2. The van der Waals surface area contributed by atoms with Crippen molar-refractivity contribution in [1.82, 2.24) is 0 Å². The molecule has 1 heterocycles. The Kier molecular flexibility index (Phi) is 7.18. The van der Waals surface area contributed by atoms with Crippen molar-refractivity contribution in [2.45, 2.75) is 11.0 Å². The number of nitrogens with zero attached hydrogens (tertiary/aromatic N) is 1. The summed E-state index contributed by atoms with van der Waals surface area (Å²) in [6.45, 7) is -0.208. The maximum atomic E-state index is 12.9. The molecule has 0 radical (unpaired) electrons. The molecule has 0 spiro atoms. The molecule has 0 bridgehead atoms. The third-order valence-electron chi connectivity index (χ3n) is 5.51. The molecule has 1 amide bonds. The number of rotatable bonds is 8. The van der Waals surface area contributed by atoms with E-state index in [1.54, 1.807) is 36.4 Å². The molecule has 11 nitrogen and oxygen atoms in total. The molecule has 1 aliphatic rings. The van der Waals surface area contributed by atoms with Crippen LogP contribution in [0.15, 0.2) is 71.6 Å². The number of carbonyl (C=O) groups is 1. The molecule has 3 aromatic carbocycles. The number of anilines is 3. The van der Waals surface area contributed by atoms with Crippen molar-refractivity contribution in [2.24, 2.45) is 0 Å². The normalized spacial score (nSPS) is 15.2. The van der Waals surface area contributed by atoms with Gasteiger partial charge in [0.25, 0.3) is 15.9 Å². The second kappa shape index (κ2) is 10.2. The van der Waals surface area contributed by atoms with Gasteiger partial charge in [0.2, 0.25) is 10.0 Å². The number of hydrogen-bond donors (Lipinski definition) is 2. The average Bonchev–Trinajstić information content (AvgIpc) is 2.87. The summed E-state index contributed by atoms with van der Waals surface area (Å²) in [4.78, 5) is 12.8. The molecule has 4 rings (SSSR count). The van der Waals surface area contributed by atoms with E-state index in [1.807, 2.05) is 0 Å². The molecule has 0 saturated heterocycles. The highest BCUT2D eigenvalue weighted by molar-refractivity contribution is 7.92. The van der Waals surface area contributed by atoms with Gasteiger partial charge in [-0.15, -0.1) is 0 Å². The third kappa shape index (κ3) is 5.73. The van der Waals surface area contributed by atoms with E-state index in [2.05, 4.69) is 10.0 Å². The summed E-state index contributed by atoms with van der Waals surface area (Å²) in [6, 6.07) is 16.7. The van der Waals surface area contributed by atoms with Crippen LogP contribution in [0.1, 0.15) is 0 Å². The lowest BCUT2D eigenvalue weighted by Crippen LogP contribution is -2.48. The van der Waals surface area contributed by atoms with Crippen LogP contribution in [0.25, 0.3) is 0 Å². The quantitative estimate of drug-likeness (QED) is 0.439. The SMILES string of the molecule is COc1ccc(OC)c(NS(=O)(=O)c2ccc(NC(=O)[C@@H]3CN(S(C)(=O)=O)c4ccccc4O3)cc2)c1. The smallest absolute Gasteiger partial charge is 0.267 e.